The van der Waals surface area contributed by atoms with Gasteiger partial charge in [-0.15, -0.1) is 0 Å². The first kappa shape index (κ1) is 16.0. The van der Waals surface area contributed by atoms with Crippen LogP contribution in [0.4, 0.5) is 0 Å². The zero-order chi connectivity index (χ0) is 17.1. The van der Waals surface area contributed by atoms with E-state index in [9.17, 15) is 0 Å². The number of aryl methyl sites for hydroxylation is 1. The van der Waals surface area contributed by atoms with Crippen LogP contribution >= 0.6 is 11.6 Å². The molecule has 5 nitrogen and oxygen atoms in total. The van der Waals surface area contributed by atoms with Crippen LogP contribution in [-0.4, -0.2) is 22.0 Å². The summed E-state index contributed by atoms with van der Waals surface area (Å²) in [6, 6.07) is 13.4. The molecule has 0 amide bonds. The average molecular weight is 338 g/mol. The smallest absolute Gasteiger partial charge is 0.132 e. The normalized spacial score (nSPS) is 12.2. The maximum absolute atomic E-state index is 7.04. The third-order valence-corrected chi connectivity index (χ3v) is 3.93. The zero-order valence-electron chi connectivity index (χ0n) is 13.1. The van der Waals surface area contributed by atoms with Gasteiger partial charge < -0.3 is 5.73 Å². The zero-order valence-corrected chi connectivity index (χ0v) is 13.8. The Bertz CT molecular complexity index is 951. The highest BCUT2D eigenvalue weighted by Gasteiger charge is 2.08. The number of benzene rings is 2. The van der Waals surface area contributed by atoms with Gasteiger partial charge in [0.1, 0.15) is 12.2 Å². The third-order valence-electron chi connectivity index (χ3n) is 3.68. The lowest BCUT2D eigenvalue weighted by Crippen LogP contribution is -2.13. The largest absolute Gasteiger partial charge is 0.383 e. The monoisotopic (exact) mass is 337 g/mol. The highest BCUT2D eigenvalue weighted by molar-refractivity contribution is 6.30. The van der Waals surface area contributed by atoms with Gasteiger partial charge >= 0.3 is 0 Å². The molecule has 0 unspecified atom stereocenters. The van der Waals surface area contributed by atoms with Crippen LogP contribution < -0.4 is 5.73 Å². The number of nitrogens with zero attached hydrogens (tertiary/aromatic N) is 3. The maximum Gasteiger partial charge on any atom is 0.132 e. The van der Waals surface area contributed by atoms with Crippen molar-refractivity contribution in [1.29, 1.82) is 5.41 Å². The lowest BCUT2D eigenvalue weighted by atomic mass is 10.1. The number of aromatic nitrogens is 2. The van der Waals surface area contributed by atoms with Crippen molar-refractivity contribution in [3.63, 3.8) is 0 Å². The average Bonchev–Trinajstić information content (AvgIpc) is 2.90. The number of amidine groups is 1. The second-order valence-corrected chi connectivity index (χ2v) is 5.71. The van der Waals surface area contributed by atoms with Crippen LogP contribution in [0.3, 0.4) is 0 Å². The van der Waals surface area contributed by atoms with Gasteiger partial charge in [0.25, 0.3) is 0 Å². The molecule has 120 valence electrons. The molecule has 1 aromatic heterocycles. The van der Waals surface area contributed by atoms with Gasteiger partial charge in [0.05, 0.1) is 11.2 Å². The van der Waals surface area contributed by atoms with Crippen molar-refractivity contribution in [1.82, 2.24) is 9.78 Å². The van der Waals surface area contributed by atoms with E-state index in [1.165, 1.54) is 0 Å². The molecule has 0 aliphatic carbocycles. The number of hydrogen-bond acceptors (Lipinski definition) is 2. The van der Waals surface area contributed by atoms with E-state index in [0.29, 0.717) is 10.9 Å². The minimum absolute atomic E-state index is 0.309. The van der Waals surface area contributed by atoms with E-state index in [2.05, 4.69) is 10.1 Å². The van der Waals surface area contributed by atoms with Crippen molar-refractivity contribution < 1.29 is 0 Å². The molecular formula is C18H16ClN5. The van der Waals surface area contributed by atoms with Crippen molar-refractivity contribution >= 4 is 46.8 Å². The fraction of sp³-hybridized carbons (Fsp3) is 0.0556. The highest BCUT2D eigenvalue weighted by Crippen LogP contribution is 2.22. The Balaban J connectivity index is 2.03. The van der Waals surface area contributed by atoms with Crippen LogP contribution in [-0.2, 0) is 7.05 Å². The number of rotatable bonds is 4. The minimum atomic E-state index is 0.309. The number of halogens is 1. The van der Waals surface area contributed by atoms with Gasteiger partial charge in [-0.1, -0.05) is 29.8 Å². The molecule has 3 rings (SSSR count). The standard InChI is InChI=1S/C18H16ClN5/c1-24-17-9-5-13(18(21)22-11-20)10-15(17)16(23-24)8-4-12-2-6-14(19)7-3-12/h2-11H,1H3,(H3,20,21,22)/b8-4+. The fourth-order valence-electron chi connectivity index (χ4n) is 2.47. The molecule has 24 heavy (non-hydrogen) atoms. The van der Waals surface area contributed by atoms with E-state index < -0.39 is 0 Å². The van der Waals surface area contributed by atoms with Crippen molar-refractivity contribution in [2.45, 2.75) is 0 Å². The molecule has 0 saturated carbocycles. The molecule has 3 N–H and O–H groups in total. The number of nitrogens with one attached hydrogen (secondary N) is 1. The van der Waals surface area contributed by atoms with Crippen LogP contribution in [0.25, 0.3) is 23.1 Å². The van der Waals surface area contributed by atoms with Gasteiger partial charge in [0.2, 0.25) is 0 Å². The lowest BCUT2D eigenvalue weighted by molar-refractivity contribution is 0.793. The summed E-state index contributed by atoms with van der Waals surface area (Å²) in [5, 5.41) is 13.3. The summed E-state index contributed by atoms with van der Waals surface area (Å²) in [6.07, 6.45) is 4.88. The van der Waals surface area contributed by atoms with Gasteiger partial charge in [-0.3, -0.25) is 10.1 Å². The van der Waals surface area contributed by atoms with Crippen LogP contribution in [0, 0.1) is 5.41 Å². The molecule has 0 bridgehead atoms. The summed E-state index contributed by atoms with van der Waals surface area (Å²) < 4.78 is 1.82. The fourth-order valence-corrected chi connectivity index (χ4v) is 2.59. The number of hydrogen-bond donors (Lipinski definition) is 2. The Kier molecular flexibility index (Phi) is 4.44. The summed E-state index contributed by atoms with van der Waals surface area (Å²) in [4.78, 5) is 3.82. The molecule has 2 aromatic carbocycles. The SMILES string of the molecule is Cn1nc(/C=C/c2ccc(Cl)cc2)c2cc(C(N)=NC=N)ccc21. The van der Waals surface area contributed by atoms with E-state index >= 15 is 0 Å². The lowest BCUT2D eigenvalue weighted by Gasteiger charge is -2.00. The van der Waals surface area contributed by atoms with Gasteiger partial charge in [0.15, 0.2) is 0 Å². The summed E-state index contributed by atoms with van der Waals surface area (Å²) in [5.41, 5.74) is 9.52. The summed E-state index contributed by atoms with van der Waals surface area (Å²) >= 11 is 5.90. The van der Waals surface area contributed by atoms with Gasteiger partial charge in [0, 0.05) is 23.0 Å². The van der Waals surface area contributed by atoms with Crippen LogP contribution in [0.2, 0.25) is 5.02 Å². The van der Waals surface area contributed by atoms with Crippen LogP contribution in [0.15, 0.2) is 47.5 Å². The minimum Gasteiger partial charge on any atom is -0.383 e. The van der Waals surface area contributed by atoms with E-state index in [1.807, 2.05) is 66.3 Å². The molecule has 0 aliphatic rings. The van der Waals surface area contributed by atoms with Gasteiger partial charge in [-0.2, -0.15) is 5.10 Å². The number of nitrogens with two attached hydrogens (primary N) is 1. The first-order valence-corrected chi connectivity index (χ1v) is 7.69. The van der Waals surface area contributed by atoms with E-state index in [-0.39, 0.29) is 0 Å². The van der Waals surface area contributed by atoms with Crippen molar-refractivity contribution in [2.75, 3.05) is 0 Å². The molecule has 3 aromatic rings. The van der Waals surface area contributed by atoms with Crippen molar-refractivity contribution in [3.8, 4) is 0 Å². The summed E-state index contributed by atoms with van der Waals surface area (Å²) in [7, 11) is 1.90. The van der Waals surface area contributed by atoms with Crippen LogP contribution in [0.1, 0.15) is 16.8 Å². The summed E-state index contributed by atoms with van der Waals surface area (Å²) in [6.45, 7) is 0. The van der Waals surface area contributed by atoms with Gasteiger partial charge in [-0.25, -0.2) is 4.99 Å². The van der Waals surface area contributed by atoms with E-state index in [4.69, 9.17) is 22.7 Å². The second-order valence-electron chi connectivity index (χ2n) is 5.27. The third kappa shape index (κ3) is 3.21. The van der Waals surface area contributed by atoms with Crippen LogP contribution in [0.5, 0.6) is 0 Å². The Labute approximate surface area is 144 Å². The molecule has 0 radical (unpaired) electrons. The molecule has 0 saturated heterocycles. The molecule has 0 spiro atoms. The number of aliphatic imine (C=N–C) groups is 1. The Morgan fingerprint density at radius 2 is 1.96 bits per heavy atom. The molecule has 6 heteroatoms. The van der Waals surface area contributed by atoms with Crippen molar-refractivity contribution in [2.24, 2.45) is 17.8 Å². The molecule has 0 atom stereocenters. The predicted octanol–water partition coefficient (Wildman–Crippen LogP) is 3.71. The van der Waals surface area contributed by atoms with Gasteiger partial charge in [-0.05, 0) is 42.0 Å². The molecule has 0 fully saturated rings. The Hall–Kier alpha value is -2.92. The molecule has 0 aliphatic heterocycles. The van der Waals surface area contributed by atoms with E-state index in [0.717, 1.165) is 34.1 Å². The Morgan fingerprint density at radius 1 is 1.21 bits per heavy atom. The van der Waals surface area contributed by atoms with Crippen molar-refractivity contribution in [3.05, 3.63) is 64.3 Å². The predicted molar refractivity (Wildman–Crippen MR) is 101 cm³/mol. The summed E-state index contributed by atoms with van der Waals surface area (Å²) in [5.74, 6) is 0.309. The van der Waals surface area contributed by atoms with E-state index in [1.54, 1.807) is 0 Å². The Morgan fingerprint density at radius 3 is 2.67 bits per heavy atom. The highest BCUT2D eigenvalue weighted by atomic mass is 35.5. The topological polar surface area (TPSA) is 80.1 Å². The second kappa shape index (κ2) is 6.68. The quantitative estimate of drug-likeness (QED) is 0.562. The first-order valence-electron chi connectivity index (χ1n) is 7.31. The first-order chi connectivity index (χ1) is 11.6. The maximum atomic E-state index is 7.04. The molecular weight excluding hydrogens is 322 g/mol. The number of fused-ring (bicyclic) bond motifs is 1. The molecule has 1 heterocycles.